The number of carbonyl (C=O) groups is 2. The van der Waals surface area contributed by atoms with E-state index in [1.54, 1.807) is 11.0 Å². The Labute approximate surface area is 121 Å². The molecule has 0 spiro atoms. The van der Waals surface area contributed by atoms with Gasteiger partial charge in [-0.05, 0) is 24.6 Å². The van der Waals surface area contributed by atoms with Gasteiger partial charge in [-0.2, -0.15) is 0 Å². The van der Waals surface area contributed by atoms with E-state index >= 15 is 0 Å². The van der Waals surface area contributed by atoms with Gasteiger partial charge in [0.1, 0.15) is 0 Å². The molecule has 1 aromatic rings. The fourth-order valence-corrected chi connectivity index (χ4v) is 3.34. The van der Waals surface area contributed by atoms with Crippen LogP contribution in [-0.2, 0) is 9.59 Å². The van der Waals surface area contributed by atoms with E-state index in [4.69, 9.17) is 11.6 Å². The summed E-state index contributed by atoms with van der Waals surface area (Å²) in [7, 11) is 0. The molecule has 2 aliphatic rings. The fraction of sp³-hybridized carbons (Fsp3) is 0.429. The van der Waals surface area contributed by atoms with Crippen molar-refractivity contribution in [3.05, 3.63) is 28.8 Å². The highest BCUT2D eigenvalue weighted by Crippen LogP contribution is 2.41. The van der Waals surface area contributed by atoms with Gasteiger partial charge in [-0.15, -0.1) is 0 Å². The van der Waals surface area contributed by atoms with E-state index in [0.717, 1.165) is 11.3 Å². The molecule has 106 valence electrons. The Morgan fingerprint density at radius 3 is 2.70 bits per heavy atom. The van der Waals surface area contributed by atoms with Gasteiger partial charge in [-0.1, -0.05) is 17.7 Å². The molecule has 1 aromatic carbocycles. The van der Waals surface area contributed by atoms with Crippen molar-refractivity contribution in [2.45, 2.75) is 25.4 Å². The van der Waals surface area contributed by atoms with Crippen molar-refractivity contribution in [1.82, 2.24) is 4.90 Å². The average molecular weight is 295 g/mol. The summed E-state index contributed by atoms with van der Waals surface area (Å²) in [6, 6.07) is 5.50. The minimum absolute atomic E-state index is 0.0897. The van der Waals surface area contributed by atoms with Crippen LogP contribution in [0.2, 0.25) is 5.02 Å². The maximum atomic E-state index is 11.9. The Balaban J connectivity index is 2.07. The summed E-state index contributed by atoms with van der Waals surface area (Å²) in [5.41, 5.74) is 0.453. The molecule has 1 atom stereocenters. The number of rotatable bonds is 2. The highest BCUT2D eigenvalue weighted by molar-refractivity contribution is 6.31. The van der Waals surface area contributed by atoms with E-state index in [1.165, 1.54) is 4.90 Å². The van der Waals surface area contributed by atoms with Gasteiger partial charge in [0.15, 0.2) is 0 Å². The number of aryl methyl sites for hydroxylation is 1. The number of nitrogens with zero attached hydrogens (tertiary/aromatic N) is 2. The molecule has 1 amide bonds. The van der Waals surface area contributed by atoms with Crippen LogP contribution in [0.4, 0.5) is 5.69 Å². The minimum Gasteiger partial charge on any atom is -0.478 e. The molecule has 1 unspecified atom stereocenters. The number of carboxylic acid groups (broad SMARTS) is 1. The van der Waals surface area contributed by atoms with Crippen LogP contribution >= 0.6 is 11.6 Å². The third kappa shape index (κ3) is 1.62. The molecule has 0 bridgehead atoms. The molecular formula is C14H15ClN2O3. The van der Waals surface area contributed by atoms with Crippen molar-refractivity contribution >= 4 is 29.2 Å². The summed E-state index contributed by atoms with van der Waals surface area (Å²) in [5.74, 6) is -1.06. The Morgan fingerprint density at radius 2 is 2.05 bits per heavy atom. The summed E-state index contributed by atoms with van der Waals surface area (Å²) in [4.78, 5) is 26.9. The zero-order valence-corrected chi connectivity index (χ0v) is 11.9. The first-order valence-electron chi connectivity index (χ1n) is 6.54. The number of hydrogen-bond acceptors (Lipinski definition) is 3. The SMILES string of the molecule is Cc1ccc(N2CCN3C(=O)CCC32C(=O)O)cc1Cl. The molecule has 2 saturated heterocycles. The molecule has 2 heterocycles. The average Bonchev–Trinajstić information content (AvgIpc) is 2.93. The van der Waals surface area contributed by atoms with E-state index in [-0.39, 0.29) is 12.3 Å². The summed E-state index contributed by atoms with van der Waals surface area (Å²) in [6.45, 7) is 2.85. The lowest BCUT2D eigenvalue weighted by Crippen LogP contribution is -2.57. The van der Waals surface area contributed by atoms with Crippen LogP contribution in [0.5, 0.6) is 0 Å². The maximum Gasteiger partial charge on any atom is 0.350 e. The maximum absolute atomic E-state index is 11.9. The Hall–Kier alpha value is -1.75. The second kappa shape index (κ2) is 4.38. The van der Waals surface area contributed by atoms with Crippen molar-refractivity contribution in [2.75, 3.05) is 18.0 Å². The molecule has 2 aliphatic heterocycles. The van der Waals surface area contributed by atoms with Crippen LogP contribution in [-0.4, -0.2) is 40.6 Å². The number of fused-ring (bicyclic) bond motifs is 1. The Morgan fingerprint density at radius 1 is 1.35 bits per heavy atom. The predicted octanol–water partition coefficient (Wildman–Crippen LogP) is 1.87. The summed E-state index contributed by atoms with van der Waals surface area (Å²) < 4.78 is 0. The molecule has 6 heteroatoms. The van der Waals surface area contributed by atoms with Gasteiger partial charge in [0.2, 0.25) is 11.6 Å². The van der Waals surface area contributed by atoms with Crippen molar-refractivity contribution in [3.8, 4) is 0 Å². The summed E-state index contributed by atoms with van der Waals surface area (Å²) in [6.07, 6.45) is 0.592. The lowest BCUT2D eigenvalue weighted by molar-refractivity contribution is -0.151. The molecule has 0 saturated carbocycles. The van der Waals surface area contributed by atoms with Crippen molar-refractivity contribution in [3.63, 3.8) is 0 Å². The third-order valence-electron chi connectivity index (χ3n) is 4.24. The van der Waals surface area contributed by atoms with Gasteiger partial charge >= 0.3 is 5.97 Å². The predicted molar refractivity (Wildman–Crippen MR) is 74.8 cm³/mol. The van der Waals surface area contributed by atoms with Gasteiger partial charge in [0, 0.05) is 36.6 Å². The number of amides is 1. The standard InChI is InChI=1S/C14H15ClN2O3/c1-9-2-3-10(8-11(9)15)16-6-7-17-12(18)4-5-14(16,17)13(19)20/h2-3,8H,4-7H2,1H3,(H,19,20). The molecular weight excluding hydrogens is 280 g/mol. The highest BCUT2D eigenvalue weighted by atomic mass is 35.5. The van der Waals surface area contributed by atoms with E-state index in [9.17, 15) is 14.7 Å². The molecule has 5 nitrogen and oxygen atoms in total. The monoisotopic (exact) mass is 294 g/mol. The van der Waals surface area contributed by atoms with E-state index < -0.39 is 11.6 Å². The molecule has 2 fully saturated rings. The van der Waals surface area contributed by atoms with Crippen molar-refractivity contribution in [1.29, 1.82) is 0 Å². The van der Waals surface area contributed by atoms with Crippen LogP contribution in [0.15, 0.2) is 18.2 Å². The van der Waals surface area contributed by atoms with Crippen LogP contribution in [0.3, 0.4) is 0 Å². The molecule has 20 heavy (non-hydrogen) atoms. The zero-order chi connectivity index (χ0) is 14.5. The van der Waals surface area contributed by atoms with Crippen LogP contribution in [0, 0.1) is 6.92 Å². The van der Waals surface area contributed by atoms with Gasteiger partial charge in [-0.25, -0.2) is 4.79 Å². The zero-order valence-electron chi connectivity index (χ0n) is 11.1. The lowest BCUT2D eigenvalue weighted by atomic mass is 10.1. The molecule has 3 rings (SSSR count). The minimum atomic E-state index is -1.24. The molecule has 0 aliphatic carbocycles. The molecule has 0 aromatic heterocycles. The number of carboxylic acids is 1. The number of halogens is 1. The topological polar surface area (TPSA) is 60.9 Å². The quantitative estimate of drug-likeness (QED) is 0.904. The lowest BCUT2D eigenvalue weighted by Gasteiger charge is -2.36. The highest BCUT2D eigenvalue weighted by Gasteiger charge is 2.59. The van der Waals surface area contributed by atoms with Gasteiger partial charge < -0.3 is 14.9 Å². The van der Waals surface area contributed by atoms with Crippen LogP contribution < -0.4 is 4.90 Å². The second-order valence-corrected chi connectivity index (χ2v) is 5.66. The fourth-order valence-electron chi connectivity index (χ4n) is 3.16. The summed E-state index contributed by atoms with van der Waals surface area (Å²) >= 11 is 6.13. The number of aliphatic carboxylic acids is 1. The van der Waals surface area contributed by atoms with E-state index in [0.29, 0.717) is 24.5 Å². The number of benzene rings is 1. The number of hydrogen-bond donors (Lipinski definition) is 1. The van der Waals surface area contributed by atoms with Crippen molar-refractivity contribution < 1.29 is 14.7 Å². The normalized spacial score (nSPS) is 25.2. The first kappa shape index (κ1) is 13.2. The summed E-state index contributed by atoms with van der Waals surface area (Å²) in [5, 5.41) is 10.3. The van der Waals surface area contributed by atoms with Crippen molar-refractivity contribution in [2.24, 2.45) is 0 Å². The van der Waals surface area contributed by atoms with Crippen LogP contribution in [0.1, 0.15) is 18.4 Å². The largest absolute Gasteiger partial charge is 0.478 e. The number of carbonyl (C=O) groups excluding carboxylic acids is 1. The van der Waals surface area contributed by atoms with E-state index in [1.807, 2.05) is 19.1 Å². The number of anilines is 1. The molecule has 1 N–H and O–H groups in total. The van der Waals surface area contributed by atoms with Crippen LogP contribution in [0.25, 0.3) is 0 Å². The second-order valence-electron chi connectivity index (χ2n) is 5.25. The Bertz CT molecular complexity index is 604. The first-order valence-corrected chi connectivity index (χ1v) is 6.92. The molecule has 0 radical (unpaired) electrons. The van der Waals surface area contributed by atoms with Gasteiger partial charge in [-0.3, -0.25) is 4.79 Å². The Kier molecular flexibility index (Phi) is 2.90. The smallest absolute Gasteiger partial charge is 0.350 e. The van der Waals surface area contributed by atoms with Gasteiger partial charge in [0.05, 0.1) is 0 Å². The van der Waals surface area contributed by atoms with Gasteiger partial charge in [0.25, 0.3) is 0 Å². The first-order chi connectivity index (χ1) is 9.46. The van der Waals surface area contributed by atoms with E-state index in [2.05, 4.69) is 0 Å². The third-order valence-corrected chi connectivity index (χ3v) is 4.65.